The van der Waals surface area contributed by atoms with Gasteiger partial charge < -0.3 is 0 Å². The van der Waals surface area contributed by atoms with Crippen LogP contribution in [0.15, 0.2) is 46.0 Å². The Morgan fingerprint density at radius 2 is 1.71 bits per heavy atom. The molecule has 0 aliphatic carbocycles. The molecule has 1 amide bonds. The maximum atomic E-state index is 11.9. The molecule has 0 aromatic heterocycles. The van der Waals surface area contributed by atoms with E-state index in [0.717, 1.165) is 10.0 Å². The number of hydrogen-bond acceptors (Lipinski definition) is 2. The number of carbonyl (C=O) groups excluding carboxylic acids is 1. The molecule has 0 heterocycles. The quantitative estimate of drug-likeness (QED) is 0.659. The van der Waals surface area contributed by atoms with Crippen LogP contribution in [0, 0.1) is 20.8 Å². The third-order valence-corrected chi connectivity index (χ3v) is 4.10. The predicted molar refractivity (Wildman–Crippen MR) is 89.9 cm³/mol. The largest absolute Gasteiger partial charge is 0.271 e. The Kier molecular flexibility index (Phi) is 4.91. The highest BCUT2D eigenvalue weighted by molar-refractivity contribution is 9.10. The first-order chi connectivity index (χ1) is 9.99. The Bertz CT molecular complexity index is 691. The first-order valence-corrected chi connectivity index (χ1v) is 7.44. The molecule has 0 saturated carbocycles. The van der Waals surface area contributed by atoms with Crippen molar-refractivity contribution in [2.75, 3.05) is 0 Å². The Hall–Kier alpha value is -1.94. The summed E-state index contributed by atoms with van der Waals surface area (Å²) in [5.41, 5.74) is 7.81. The molecule has 0 aliphatic heterocycles. The van der Waals surface area contributed by atoms with Crippen LogP contribution in [0.1, 0.15) is 32.6 Å². The van der Waals surface area contributed by atoms with Gasteiger partial charge in [0.15, 0.2) is 0 Å². The van der Waals surface area contributed by atoms with E-state index in [1.165, 1.54) is 16.7 Å². The number of hydrogen-bond donors (Lipinski definition) is 1. The van der Waals surface area contributed by atoms with Gasteiger partial charge in [0.05, 0.1) is 6.21 Å². The number of amides is 1. The van der Waals surface area contributed by atoms with Crippen molar-refractivity contribution >= 4 is 28.1 Å². The van der Waals surface area contributed by atoms with Crippen molar-refractivity contribution < 1.29 is 4.79 Å². The molecule has 4 heteroatoms. The van der Waals surface area contributed by atoms with E-state index in [-0.39, 0.29) is 5.91 Å². The summed E-state index contributed by atoms with van der Waals surface area (Å²) in [6.07, 6.45) is 1.68. The highest BCUT2D eigenvalue weighted by Crippen LogP contribution is 2.15. The zero-order valence-electron chi connectivity index (χ0n) is 12.3. The minimum Gasteiger partial charge on any atom is -0.267 e. The lowest BCUT2D eigenvalue weighted by atomic mass is 10.00. The Morgan fingerprint density at radius 1 is 1.05 bits per heavy atom. The van der Waals surface area contributed by atoms with Gasteiger partial charge in [0.25, 0.3) is 5.91 Å². The Balaban J connectivity index is 2.07. The van der Waals surface area contributed by atoms with Gasteiger partial charge in [-0.2, -0.15) is 5.10 Å². The lowest BCUT2D eigenvalue weighted by Crippen LogP contribution is -2.17. The van der Waals surface area contributed by atoms with E-state index >= 15 is 0 Å². The summed E-state index contributed by atoms with van der Waals surface area (Å²) in [5.74, 6) is -0.222. The van der Waals surface area contributed by atoms with Crippen LogP contribution in [0.2, 0.25) is 0 Å². The van der Waals surface area contributed by atoms with Gasteiger partial charge in [0, 0.05) is 10.0 Å². The standard InChI is InChI=1S/C17H17BrN2O/c1-11-4-5-15(13(3)12(11)2)10-19-20-17(21)14-6-8-16(18)9-7-14/h4-10H,1-3H3,(H,20,21)/b19-10-. The number of aryl methyl sites for hydroxylation is 1. The highest BCUT2D eigenvalue weighted by Gasteiger charge is 2.04. The SMILES string of the molecule is Cc1ccc(/C=N\NC(=O)c2ccc(Br)cc2)c(C)c1C. The van der Waals surface area contributed by atoms with Crippen molar-refractivity contribution in [1.82, 2.24) is 5.43 Å². The molecule has 0 spiro atoms. The number of benzene rings is 2. The van der Waals surface area contributed by atoms with Crippen molar-refractivity contribution in [3.8, 4) is 0 Å². The molecular formula is C17H17BrN2O. The van der Waals surface area contributed by atoms with Gasteiger partial charge in [-0.3, -0.25) is 4.79 Å². The lowest BCUT2D eigenvalue weighted by Gasteiger charge is -2.07. The van der Waals surface area contributed by atoms with Crippen LogP contribution in [-0.2, 0) is 0 Å². The zero-order chi connectivity index (χ0) is 15.4. The summed E-state index contributed by atoms with van der Waals surface area (Å²) >= 11 is 3.34. The van der Waals surface area contributed by atoms with Gasteiger partial charge in [-0.15, -0.1) is 0 Å². The van der Waals surface area contributed by atoms with E-state index in [9.17, 15) is 4.79 Å². The zero-order valence-corrected chi connectivity index (χ0v) is 13.9. The van der Waals surface area contributed by atoms with Crippen molar-refractivity contribution in [2.24, 2.45) is 5.10 Å². The van der Waals surface area contributed by atoms with Crippen molar-refractivity contribution in [2.45, 2.75) is 20.8 Å². The minimum atomic E-state index is -0.222. The molecule has 0 saturated heterocycles. The first-order valence-electron chi connectivity index (χ1n) is 6.65. The average Bonchev–Trinajstić information content (AvgIpc) is 2.48. The van der Waals surface area contributed by atoms with Gasteiger partial charge in [0.1, 0.15) is 0 Å². The predicted octanol–water partition coefficient (Wildman–Crippen LogP) is 4.14. The van der Waals surface area contributed by atoms with Crippen LogP contribution in [0.3, 0.4) is 0 Å². The second-order valence-electron chi connectivity index (χ2n) is 4.93. The Labute approximate surface area is 133 Å². The minimum absolute atomic E-state index is 0.222. The third kappa shape index (κ3) is 3.79. The van der Waals surface area contributed by atoms with E-state index in [2.05, 4.69) is 53.3 Å². The fraction of sp³-hybridized carbons (Fsp3) is 0.176. The van der Waals surface area contributed by atoms with Crippen molar-refractivity contribution in [1.29, 1.82) is 0 Å². The number of hydrazone groups is 1. The maximum absolute atomic E-state index is 11.9. The van der Waals surface area contributed by atoms with Crippen LogP contribution >= 0.6 is 15.9 Å². The summed E-state index contributed by atoms with van der Waals surface area (Å²) in [4.78, 5) is 11.9. The smallest absolute Gasteiger partial charge is 0.267 e. The molecule has 3 nitrogen and oxygen atoms in total. The van der Waals surface area contributed by atoms with Crippen LogP contribution in [-0.4, -0.2) is 12.1 Å². The molecule has 0 unspecified atom stereocenters. The molecule has 0 bridgehead atoms. The number of carbonyl (C=O) groups is 1. The van der Waals surface area contributed by atoms with E-state index in [1.54, 1.807) is 18.3 Å². The number of nitrogens with zero attached hydrogens (tertiary/aromatic N) is 1. The number of rotatable bonds is 3. The van der Waals surface area contributed by atoms with Crippen LogP contribution in [0.25, 0.3) is 0 Å². The topological polar surface area (TPSA) is 41.5 Å². The molecule has 0 fully saturated rings. The number of halogens is 1. The molecule has 2 aromatic carbocycles. The molecule has 0 radical (unpaired) electrons. The first kappa shape index (κ1) is 15.4. The molecule has 0 atom stereocenters. The van der Waals surface area contributed by atoms with Crippen LogP contribution in [0.4, 0.5) is 0 Å². The van der Waals surface area contributed by atoms with Gasteiger partial charge in [-0.05, 0) is 67.3 Å². The fourth-order valence-corrected chi connectivity index (χ4v) is 2.21. The van der Waals surface area contributed by atoms with E-state index < -0.39 is 0 Å². The summed E-state index contributed by atoms with van der Waals surface area (Å²) < 4.78 is 0.938. The second kappa shape index (κ2) is 6.68. The molecule has 108 valence electrons. The molecule has 1 N–H and O–H groups in total. The molecular weight excluding hydrogens is 328 g/mol. The molecule has 2 rings (SSSR count). The fourth-order valence-electron chi connectivity index (χ4n) is 1.94. The summed E-state index contributed by atoms with van der Waals surface area (Å²) in [5, 5.41) is 4.04. The Morgan fingerprint density at radius 3 is 2.38 bits per heavy atom. The monoisotopic (exact) mass is 344 g/mol. The highest BCUT2D eigenvalue weighted by atomic mass is 79.9. The molecule has 0 aliphatic rings. The average molecular weight is 345 g/mol. The number of nitrogens with one attached hydrogen (secondary N) is 1. The summed E-state index contributed by atoms with van der Waals surface area (Å²) in [6, 6.07) is 11.2. The van der Waals surface area contributed by atoms with E-state index in [0.29, 0.717) is 5.56 Å². The lowest BCUT2D eigenvalue weighted by molar-refractivity contribution is 0.0955. The second-order valence-corrected chi connectivity index (χ2v) is 5.84. The third-order valence-electron chi connectivity index (χ3n) is 3.58. The van der Waals surface area contributed by atoms with E-state index in [4.69, 9.17) is 0 Å². The summed E-state index contributed by atoms with van der Waals surface area (Å²) in [7, 11) is 0. The van der Waals surface area contributed by atoms with Crippen molar-refractivity contribution in [3.05, 3.63) is 68.7 Å². The van der Waals surface area contributed by atoms with Gasteiger partial charge in [0.2, 0.25) is 0 Å². The van der Waals surface area contributed by atoms with E-state index in [1.807, 2.05) is 18.2 Å². The van der Waals surface area contributed by atoms with Gasteiger partial charge in [-0.1, -0.05) is 28.1 Å². The molecule has 2 aromatic rings. The van der Waals surface area contributed by atoms with Gasteiger partial charge in [-0.25, -0.2) is 5.43 Å². The normalized spacial score (nSPS) is 10.9. The summed E-state index contributed by atoms with van der Waals surface area (Å²) in [6.45, 7) is 6.22. The van der Waals surface area contributed by atoms with Crippen LogP contribution in [0.5, 0.6) is 0 Å². The van der Waals surface area contributed by atoms with Gasteiger partial charge >= 0.3 is 0 Å². The van der Waals surface area contributed by atoms with Crippen LogP contribution < -0.4 is 5.43 Å². The van der Waals surface area contributed by atoms with Crippen molar-refractivity contribution in [3.63, 3.8) is 0 Å². The maximum Gasteiger partial charge on any atom is 0.271 e. The molecule has 21 heavy (non-hydrogen) atoms.